The Labute approximate surface area is 110 Å². The highest BCUT2D eigenvalue weighted by molar-refractivity contribution is 5.65. The Balaban J connectivity index is 2.19. The predicted molar refractivity (Wildman–Crippen MR) is 70.1 cm³/mol. The Hall–Kier alpha value is -0.830. The molecule has 1 saturated heterocycles. The topological polar surface area (TPSA) is 35.5 Å². The van der Waals surface area contributed by atoms with Gasteiger partial charge in [0, 0.05) is 18.3 Å². The van der Waals surface area contributed by atoms with Crippen LogP contribution in [0.25, 0.3) is 0 Å². The zero-order chi connectivity index (χ0) is 13.3. The molecule has 4 atom stereocenters. The summed E-state index contributed by atoms with van der Waals surface area (Å²) < 4.78 is 11.3. The quantitative estimate of drug-likeness (QED) is 0.572. The molecule has 0 aromatic carbocycles. The van der Waals surface area contributed by atoms with Gasteiger partial charge in [0.05, 0.1) is 19.3 Å². The van der Waals surface area contributed by atoms with Crippen LogP contribution in [-0.2, 0) is 14.3 Å². The summed E-state index contributed by atoms with van der Waals surface area (Å²) in [6.07, 6.45) is 4.82. The second-order valence-corrected chi connectivity index (χ2v) is 5.91. The molecule has 3 heteroatoms. The molecule has 1 fully saturated rings. The van der Waals surface area contributed by atoms with E-state index in [9.17, 15) is 4.79 Å². The van der Waals surface area contributed by atoms with E-state index in [2.05, 4.69) is 26.8 Å². The zero-order valence-corrected chi connectivity index (χ0v) is 11.9. The van der Waals surface area contributed by atoms with E-state index >= 15 is 0 Å². The Bertz CT molecular complexity index is 361. The molecule has 3 nitrogen and oxygen atoms in total. The molecule has 0 amide bonds. The van der Waals surface area contributed by atoms with Gasteiger partial charge < -0.3 is 9.47 Å². The summed E-state index contributed by atoms with van der Waals surface area (Å²) in [5.41, 5.74) is 1.43. The summed E-state index contributed by atoms with van der Waals surface area (Å²) in [6.45, 7) is 9.25. The summed E-state index contributed by atoms with van der Waals surface area (Å²) in [5, 5.41) is 0. The predicted octanol–water partition coefficient (Wildman–Crippen LogP) is 2.95. The van der Waals surface area contributed by atoms with Crippen molar-refractivity contribution in [3.8, 4) is 0 Å². The largest absolute Gasteiger partial charge is 0.465 e. The average Bonchev–Trinajstić information content (AvgIpc) is 2.34. The van der Waals surface area contributed by atoms with Gasteiger partial charge in [0.1, 0.15) is 0 Å². The monoisotopic (exact) mass is 252 g/mol. The van der Waals surface area contributed by atoms with Crippen molar-refractivity contribution in [3.05, 3.63) is 11.6 Å². The SMILES string of the molecule is CC[C@H]1OC[C@]2(COC(C)=O)C[C@H]1C(C)=C[C@@H]2C. The Morgan fingerprint density at radius 1 is 1.61 bits per heavy atom. The smallest absolute Gasteiger partial charge is 0.302 e. The van der Waals surface area contributed by atoms with Crippen molar-refractivity contribution in [1.29, 1.82) is 0 Å². The molecule has 0 aromatic rings. The molecule has 2 bridgehead atoms. The molecule has 0 saturated carbocycles. The van der Waals surface area contributed by atoms with Crippen molar-refractivity contribution in [2.75, 3.05) is 13.2 Å². The molecule has 0 spiro atoms. The van der Waals surface area contributed by atoms with Crippen molar-refractivity contribution in [2.45, 2.75) is 46.6 Å². The summed E-state index contributed by atoms with van der Waals surface area (Å²) >= 11 is 0. The molecule has 1 heterocycles. The van der Waals surface area contributed by atoms with Gasteiger partial charge in [-0.2, -0.15) is 0 Å². The fourth-order valence-corrected chi connectivity index (χ4v) is 3.36. The minimum absolute atomic E-state index is 0.0124. The average molecular weight is 252 g/mol. The van der Waals surface area contributed by atoms with Crippen molar-refractivity contribution in [2.24, 2.45) is 17.3 Å². The van der Waals surface area contributed by atoms with Gasteiger partial charge in [0.2, 0.25) is 0 Å². The van der Waals surface area contributed by atoms with Crippen molar-refractivity contribution < 1.29 is 14.3 Å². The molecule has 0 aromatic heterocycles. The van der Waals surface area contributed by atoms with Gasteiger partial charge in [-0.05, 0) is 25.7 Å². The number of carbonyl (C=O) groups excluding carboxylic acids is 1. The minimum Gasteiger partial charge on any atom is -0.465 e. The van der Waals surface area contributed by atoms with Crippen LogP contribution in [0.4, 0.5) is 0 Å². The highest BCUT2D eigenvalue weighted by atomic mass is 16.5. The number of ether oxygens (including phenoxy) is 2. The number of hydrogen-bond donors (Lipinski definition) is 0. The molecular weight excluding hydrogens is 228 g/mol. The molecule has 0 unspecified atom stereocenters. The molecule has 102 valence electrons. The molecule has 0 N–H and O–H groups in total. The van der Waals surface area contributed by atoms with Crippen LogP contribution in [-0.4, -0.2) is 25.3 Å². The number of carbonyl (C=O) groups is 1. The van der Waals surface area contributed by atoms with Crippen LogP contribution >= 0.6 is 0 Å². The van der Waals surface area contributed by atoms with Crippen molar-refractivity contribution in [3.63, 3.8) is 0 Å². The van der Waals surface area contributed by atoms with E-state index < -0.39 is 0 Å². The summed E-state index contributed by atoms with van der Waals surface area (Å²) in [7, 11) is 0. The maximum atomic E-state index is 11.1. The van der Waals surface area contributed by atoms with E-state index in [4.69, 9.17) is 9.47 Å². The summed E-state index contributed by atoms with van der Waals surface area (Å²) in [5.74, 6) is 0.707. The lowest BCUT2D eigenvalue weighted by Crippen LogP contribution is -2.50. The van der Waals surface area contributed by atoms with Crippen LogP contribution in [0.15, 0.2) is 11.6 Å². The first-order valence-electron chi connectivity index (χ1n) is 6.92. The Kier molecular flexibility index (Phi) is 3.81. The van der Waals surface area contributed by atoms with Gasteiger partial charge in [-0.3, -0.25) is 4.79 Å². The van der Waals surface area contributed by atoms with Gasteiger partial charge in [-0.15, -0.1) is 0 Å². The molecule has 1 aliphatic heterocycles. The van der Waals surface area contributed by atoms with E-state index in [1.165, 1.54) is 12.5 Å². The van der Waals surface area contributed by atoms with Crippen LogP contribution in [0.2, 0.25) is 0 Å². The first kappa shape index (κ1) is 13.6. The first-order chi connectivity index (χ1) is 8.48. The molecule has 2 rings (SSSR count). The highest BCUT2D eigenvalue weighted by Crippen LogP contribution is 2.49. The van der Waals surface area contributed by atoms with Crippen LogP contribution in [0.1, 0.15) is 40.5 Å². The second-order valence-electron chi connectivity index (χ2n) is 5.91. The normalized spacial score (nSPS) is 39.1. The number of rotatable bonds is 3. The number of fused-ring (bicyclic) bond motifs is 2. The van der Waals surface area contributed by atoms with Crippen LogP contribution < -0.4 is 0 Å². The second kappa shape index (κ2) is 5.04. The van der Waals surface area contributed by atoms with Crippen LogP contribution in [0, 0.1) is 17.3 Å². The maximum absolute atomic E-state index is 11.1. The fraction of sp³-hybridized carbons (Fsp3) is 0.800. The third-order valence-electron chi connectivity index (χ3n) is 4.69. The molecule has 0 radical (unpaired) electrons. The van der Waals surface area contributed by atoms with Gasteiger partial charge in [-0.1, -0.05) is 25.5 Å². The molecule has 1 aliphatic carbocycles. The van der Waals surface area contributed by atoms with E-state index in [1.807, 2.05) is 0 Å². The van der Waals surface area contributed by atoms with Gasteiger partial charge in [0.25, 0.3) is 0 Å². The van der Waals surface area contributed by atoms with E-state index in [1.54, 1.807) is 0 Å². The lowest BCUT2D eigenvalue weighted by Gasteiger charge is -2.50. The Morgan fingerprint density at radius 3 is 2.94 bits per heavy atom. The third-order valence-corrected chi connectivity index (χ3v) is 4.69. The van der Waals surface area contributed by atoms with E-state index in [0.29, 0.717) is 31.2 Å². The van der Waals surface area contributed by atoms with Crippen molar-refractivity contribution in [1.82, 2.24) is 0 Å². The van der Waals surface area contributed by atoms with Gasteiger partial charge in [-0.25, -0.2) is 0 Å². The maximum Gasteiger partial charge on any atom is 0.302 e. The number of esters is 1. The van der Waals surface area contributed by atoms with E-state index in [0.717, 1.165) is 12.8 Å². The number of hydrogen-bond acceptors (Lipinski definition) is 3. The zero-order valence-electron chi connectivity index (χ0n) is 11.9. The van der Waals surface area contributed by atoms with Crippen LogP contribution in [0.3, 0.4) is 0 Å². The molecular formula is C15H24O3. The van der Waals surface area contributed by atoms with E-state index in [-0.39, 0.29) is 11.4 Å². The lowest BCUT2D eigenvalue weighted by atomic mass is 9.62. The molecule has 2 aliphatic rings. The molecule has 18 heavy (non-hydrogen) atoms. The van der Waals surface area contributed by atoms with Crippen LogP contribution in [0.5, 0.6) is 0 Å². The van der Waals surface area contributed by atoms with Gasteiger partial charge >= 0.3 is 5.97 Å². The fourth-order valence-electron chi connectivity index (χ4n) is 3.36. The lowest BCUT2D eigenvalue weighted by molar-refractivity contribution is -0.161. The van der Waals surface area contributed by atoms with Gasteiger partial charge in [0.15, 0.2) is 0 Å². The standard InChI is InChI=1S/C15H24O3/c1-5-14-13-7-15(9-18-14,8-17-12(4)16)11(3)6-10(13)2/h6,11,13-14H,5,7-9H2,1-4H3/t11-,13-,14+,15+/m0/s1. The summed E-state index contributed by atoms with van der Waals surface area (Å²) in [4.78, 5) is 11.1. The Morgan fingerprint density at radius 2 is 2.33 bits per heavy atom. The summed E-state index contributed by atoms with van der Waals surface area (Å²) in [6, 6.07) is 0. The first-order valence-corrected chi connectivity index (χ1v) is 6.92. The highest BCUT2D eigenvalue weighted by Gasteiger charge is 2.48. The third kappa shape index (κ3) is 2.33. The van der Waals surface area contributed by atoms with Crippen molar-refractivity contribution >= 4 is 5.97 Å². The minimum atomic E-state index is -0.197. The number of allylic oxidation sites excluding steroid dienone is 1.